The Kier molecular flexibility index (Phi) is 2.27. The third-order valence-electron chi connectivity index (χ3n) is 2.26. The Morgan fingerprint density at radius 3 is 2.92 bits per heavy atom. The summed E-state index contributed by atoms with van der Waals surface area (Å²) in [5.74, 6) is 0. The van der Waals surface area contributed by atoms with Gasteiger partial charge in [-0.25, -0.2) is 0 Å². The van der Waals surface area contributed by atoms with Gasteiger partial charge in [0.25, 0.3) is 6.47 Å². The van der Waals surface area contributed by atoms with Crippen LogP contribution in [0.25, 0.3) is 0 Å². The number of benzene rings is 1. The molecule has 0 aromatic heterocycles. The van der Waals surface area contributed by atoms with E-state index in [0.717, 1.165) is 13.0 Å². The molecule has 0 bridgehead atoms. The molecule has 1 aromatic rings. The second kappa shape index (κ2) is 3.58. The van der Waals surface area contributed by atoms with E-state index >= 15 is 0 Å². The topological polar surface area (TPSA) is 38.3 Å². The van der Waals surface area contributed by atoms with E-state index in [1.165, 1.54) is 11.1 Å². The maximum Gasteiger partial charge on any atom is 0.294 e. The van der Waals surface area contributed by atoms with Crippen LogP contribution in [-0.2, 0) is 22.5 Å². The summed E-state index contributed by atoms with van der Waals surface area (Å²) in [5.41, 5.74) is 2.54. The normalized spacial score (nSPS) is 20.5. The molecule has 1 heterocycles. The van der Waals surface area contributed by atoms with Crippen LogP contribution < -0.4 is 5.32 Å². The number of carbonyl (C=O) groups excluding carboxylic acids is 1. The lowest BCUT2D eigenvalue weighted by molar-refractivity contribution is -0.135. The predicted molar refractivity (Wildman–Crippen MR) is 47.9 cm³/mol. The lowest BCUT2D eigenvalue weighted by atomic mass is 10.0. The summed E-state index contributed by atoms with van der Waals surface area (Å²) in [6, 6.07) is 8.17. The molecule has 68 valence electrons. The zero-order valence-corrected chi connectivity index (χ0v) is 7.19. The Balaban J connectivity index is 2.15. The Morgan fingerprint density at radius 1 is 1.38 bits per heavy atom. The second-order valence-corrected chi connectivity index (χ2v) is 3.07. The monoisotopic (exact) mass is 177 g/mol. The maximum absolute atomic E-state index is 10.1. The highest BCUT2D eigenvalue weighted by atomic mass is 16.5. The van der Waals surface area contributed by atoms with E-state index in [4.69, 9.17) is 4.74 Å². The fraction of sp³-hybridized carbons (Fsp3) is 0.300. The van der Waals surface area contributed by atoms with Crippen LogP contribution in [0.1, 0.15) is 11.1 Å². The van der Waals surface area contributed by atoms with E-state index in [1.54, 1.807) is 0 Å². The van der Waals surface area contributed by atoms with Gasteiger partial charge in [-0.15, -0.1) is 0 Å². The van der Waals surface area contributed by atoms with Crippen molar-refractivity contribution >= 4 is 6.47 Å². The van der Waals surface area contributed by atoms with Crippen LogP contribution in [0.4, 0.5) is 0 Å². The van der Waals surface area contributed by atoms with E-state index in [9.17, 15) is 4.79 Å². The van der Waals surface area contributed by atoms with Crippen molar-refractivity contribution in [1.29, 1.82) is 0 Å². The Bertz CT molecular complexity index is 312. The second-order valence-electron chi connectivity index (χ2n) is 3.07. The van der Waals surface area contributed by atoms with Crippen molar-refractivity contribution in [3.05, 3.63) is 35.4 Å². The molecule has 0 saturated carbocycles. The summed E-state index contributed by atoms with van der Waals surface area (Å²) in [6.45, 7) is 1.26. The number of hydrogen-bond donors (Lipinski definition) is 1. The fourth-order valence-corrected chi connectivity index (χ4v) is 1.59. The molecule has 1 N–H and O–H groups in total. The van der Waals surface area contributed by atoms with Crippen LogP contribution in [0.3, 0.4) is 0 Å². The minimum absolute atomic E-state index is 0.160. The van der Waals surface area contributed by atoms with Gasteiger partial charge < -0.3 is 4.74 Å². The van der Waals surface area contributed by atoms with Crippen molar-refractivity contribution in [3.63, 3.8) is 0 Å². The molecule has 1 atom stereocenters. The third kappa shape index (κ3) is 1.70. The van der Waals surface area contributed by atoms with Crippen LogP contribution in [0, 0.1) is 0 Å². The molecule has 2 rings (SSSR count). The van der Waals surface area contributed by atoms with Crippen LogP contribution in [0.5, 0.6) is 0 Å². The number of fused-ring (bicyclic) bond motifs is 1. The summed E-state index contributed by atoms with van der Waals surface area (Å²) < 4.78 is 4.85. The minimum atomic E-state index is -0.160. The smallest absolute Gasteiger partial charge is 0.294 e. The molecule has 0 fully saturated rings. The first-order valence-corrected chi connectivity index (χ1v) is 4.29. The summed E-state index contributed by atoms with van der Waals surface area (Å²) in [5, 5.41) is 3.12. The fourth-order valence-electron chi connectivity index (χ4n) is 1.59. The van der Waals surface area contributed by atoms with Crippen LogP contribution in [0.2, 0.25) is 0 Å². The van der Waals surface area contributed by atoms with E-state index < -0.39 is 0 Å². The van der Waals surface area contributed by atoms with Crippen molar-refractivity contribution in [3.8, 4) is 0 Å². The van der Waals surface area contributed by atoms with Crippen molar-refractivity contribution in [2.75, 3.05) is 0 Å². The van der Waals surface area contributed by atoms with E-state index in [2.05, 4.69) is 17.4 Å². The molecule has 0 saturated heterocycles. The number of nitrogens with one attached hydrogen (secondary N) is 1. The molecule has 3 heteroatoms. The van der Waals surface area contributed by atoms with Gasteiger partial charge in [-0.2, -0.15) is 0 Å². The molecule has 0 aliphatic carbocycles. The summed E-state index contributed by atoms with van der Waals surface area (Å²) in [6.07, 6.45) is 0.599. The molecule has 0 radical (unpaired) electrons. The molecule has 1 aromatic carbocycles. The maximum atomic E-state index is 10.1. The molecular formula is C10H11NO2. The quantitative estimate of drug-likeness (QED) is 0.680. The molecule has 1 aliphatic rings. The minimum Gasteiger partial charge on any atom is -0.448 e. The predicted octanol–water partition coefficient (Wildman–Crippen LogP) is 0.831. The highest BCUT2D eigenvalue weighted by Crippen LogP contribution is 2.15. The van der Waals surface area contributed by atoms with E-state index in [1.807, 2.05) is 12.1 Å². The molecule has 0 amide bonds. The Morgan fingerprint density at radius 2 is 2.15 bits per heavy atom. The molecular weight excluding hydrogens is 166 g/mol. The van der Waals surface area contributed by atoms with Gasteiger partial charge in [0.1, 0.15) is 0 Å². The van der Waals surface area contributed by atoms with Gasteiger partial charge in [0.2, 0.25) is 0 Å². The molecule has 0 spiro atoms. The number of rotatable bonds is 2. The van der Waals surface area contributed by atoms with E-state index in [0.29, 0.717) is 6.47 Å². The largest absolute Gasteiger partial charge is 0.448 e. The lowest BCUT2D eigenvalue weighted by Crippen LogP contribution is -2.37. The van der Waals surface area contributed by atoms with Gasteiger partial charge in [-0.05, 0) is 11.1 Å². The third-order valence-corrected chi connectivity index (χ3v) is 2.26. The van der Waals surface area contributed by atoms with Crippen LogP contribution in [0.15, 0.2) is 24.3 Å². The SMILES string of the molecule is O=COC1Cc2ccccc2CN1. The molecule has 1 unspecified atom stereocenters. The van der Waals surface area contributed by atoms with Crippen molar-refractivity contribution in [2.24, 2.45) is 0 Å². The van der Waals surface area contributed by atoms with Gasteiger partial charge in [0.05, 0.1) is 0 Å². The summed E-state index contributed by atoms with van der Waals surface area (Å²) in [7, 11) is 0. The number of ether oxygens (including phenoxy) is 1. The highest BCUT2D eigenvalue weighted by molar-refractivity contribution is 5.38. The van der Waals surface area contributed by atoms with Crippen LogP contribution >= 0.6 is 0 Å². The zero-order chi connectivity index (χ0) is 9.10. The van der Waals surface area contributed by atoms with E-state index in [-0.39, 0.29) is 6.23 Å². The first-order chi connectivity index (χ1) is 6.40. The van der Waals surface area contributed by atoms with Crippen molar-refractivity contribution in [1.82, 2.24) is 5.32 Å². The van der Waals surface area contributed by atoms with Gasteiger partial charge in [0, 0.05) is 13.0 Å². The van der Waals surface area contributed by atoms with Crippen molar-refractivity contribution < 1.29 is 9.53 Å². The average Bonchev–Trinajstić information content (AvgIpc) is 2.18. The summed E-state index contributed by atoms with van der Waals surface area (Å²) in [4.78, 5) is 10.1. The van der Waals surface area contributed by atoms with Crippen LogP contribution in [-0.4, -0.2) is 12.7 Å². The first kappa shape index (κ1) is 8.26. The average molecular weight is 177 g/mol. The van der Waals surface area contributed by atoms with Crippen molar-refractivity contribution in [2.45, 2.75) is 19.2 Å². The number of carbonyl (C=O) groups is 1. The van der Waals surface area contributed by atoms with Gasteiger partial charge in [-0.3, -0.25) is 10.1 Å². The molecule has 13 heavy (non-hydrogen) atoms. The standard InChI is InChI=1S/C10H11NO2/c12-7-13-10-5-8-3-1-2-4-9(8)6-11-10/h1-4,7,10-11H,5-6H2. The number of hydrogen-bond acceptors (Lipinski definition) is 3. The Labute approximate surface area is 76.7 Å². The lowest BCUT2D eigenvalue weighted by Gasteiger charge is -2.24. The molecule has 3 nitrogen and oxygen atoms in total. The zero-order valence-electron chi connectivity index (χ0n) is 7.19. The van der Waals surface area contributed by atoms with Gasteiger partial charge in [0.15, 0.2) is 6.23 Å². The van der Waals surface area contributed by atoms with Gasteiger partial charge in [-0.1, -0.05) is 24.3 Å². The first-order valence-electron chi connectivity index (χ1n) is 4.29. The highest BCUT2D eigenvalue weighted by Gasteiger charge is 2.17. The molecule has 1 aliphatic heterocycles. The summed E-state index contributed by atoms with van der Waals surface area (Å²) >= 11 is 0. The van der Waals surface area contributed by atoms with Gasteiger partial charge >= 0.3 is 0 Å². The Hall–Kier alpha value is -1.35.